The van der Waals surface area contributed by atoms with Gasteiger partial charge in [-0.3, -0.25) is 4.79 Å². The zero-order valence-corrected chi connectivity index (χ0v) is 8.73. The van der Waals surface area contributed by atoms with Crippen LogP contribution in [0.15, 0.2) is 30.3 Å². The van der Waals surface area contributed by atoms with E-state index >= 15 is 0 Å². The third-order valence-electron chi connectivity index (χ3n) is 2.88. The summed E-state index contributed by atoms with van der Waals surface area (Å²) in [4.78, 5) is 11.4. The zero-order valence-electron chi connectivity index (χ0n) is 8.73. The van der Waals surface area contributed by atoms with E-state index in [1.165, 1.54) is 0 Å². The van der Waals surface area contributed by atoms with Crippen molar-refractivity contribution in [2.75, 3.05) is 0 Å². The van der Waals surface area contributed by atoms with Gasteiger partial charge < -0.3 is 5.11 Å². The summed E-state index contributed by atoms with van der Waals surface area (Å²) >= 11 is 0. The van der Waals surface area contributed by atoms with Crippen LogP contribution in [0, 0.1) is 5.92 Å². The third-order valence-corrected chi connectivity index (χ3v) is 2.88. The SMILES string of the molecule is O=C(CCC(O)c1ccccc1)C1CC1. The molecule has 1 saturated carbocycles. The van der Waals surface area contributed by atoms with Gasteiger partial charge >= 0.3 is 0 Å². The molecule has 0 bridgehead atoms. The lowest BCUT2D eigenvalue weighted by Crippen LogP contribution is -2.04. The van der Waals surface area contributed by atoms with Gasteiger partial charge in [0.2, 0.25) is 0 Å². The first kappa shape index (κ1) is 10.4. The average molecular weight is 204 g/mol. The van der Waals surface area contributed by atoms with E-state index in [4.69, 9.17) is 0 Å². The van der Waals surface area contributed by atoms with Crippen LogP contribution < -0.4 is 0 Å². The van der Waals surface area contributed by atoms with Crippen molar-refractivity contribution in [3.8, 4) is 0 Å². The largest absolute Gasteiger partial charge is 0.388 e. The summed E-state index contributed by atoms with van der Waals surface area (Å²) in [7, 11) is 0. The summed E-state index contributed by atoms with van der Waals surface area (Å²) in [6.45, 7) is 0. The van der Waals surface area contributed by atoms with E-state index in [0.717, 1.165) is 18.4 Å². The quantitative estimate of drug-likeness (QED) is 0.800. The van der Waals surface area contributed by atoms with E-state index in [0.29, 0.717) is 24.5 Å². The van der Waals surface area contributed by atoms with Crippen LogP contribution in [-0.2, 0) is 4.79 Å². The lowest BCUT2D eigenvalue weighted by molar-refractivity contribution is -0.120. The molecule has 0 spiro atoms. The monoisotopic (exact) mass is 204 g/mol. The van der Waals surface area contributed by atoms with Crippen LogP contribution in [0.1, 0.15) is 37.4 Å². The number of aliphatic hydroxyl groups is 1. The van der Waals surface area contributed by atoms with Gasteiger partial charge in [0, 0.05) is 12.3 Å². The minimum atomic E-state index is -0.492. The Hall–Kier alpha value is -1.15. The zero-order chi connectivity index (χ0) is 10.7. The van der Waals surface area contributed by atoms with Crippen LogP contribution in [0.25, 0.3) is 0 Å². The van der Waals surface area contributed by atoms with Gasteiger partial charge in [-0.1, -0.05) is 30.3 Å². The second kappa shape index (κ2) is 4.58. The number of aliphatic hydroxyl groups excluding tert-OH is 1. The van der Waals surface area contributed by atoms with Crippen molar-refractivity contribution in [3.05, 3.63) is 35.9 Å². The molecular formula is C13H16O2. The minimum Gasteiger partial charge on any atom is -0.388 e. The number of carbonyl (C=O) groups excluding carboxylic acids is 1. The number of rotatable bonds is 5. The van der Waals surface area contributed by atoms with Gasteiger partial charge in [0.15, 0.2) is 0 Å². The maximum Gasteiger partial charge on any atom is 0.136 e. The van der Waals surface area contributed by atoms with Crippen LogP contribution >= 0.6 is 0 Å². The molecule has 1 aliphatic rings. The number of benzene rings is 1. The van der Waals surface area contributed by atoms with Gasteiger partial charge in [0.05, 0.1) is 6.10 Å². The van der Waals surface area contributed by atoms with Gasteiger partial charge in [-0.2, -0.15) is 0 Å². The predicted octanol–water partition coefficient (Wildman–Crippen LogP) is 2.48. The van der Waals surface area contributed by atoms with E-state index < -0.39 is 6.10 Å². The van der Waals surface area contributed by atoms with Crippen LogP contribution in [0.2, 0.25) is 0 Å². The molecule has 0 saturated heterocycles. The fraction of sp³-hybridized carbons (Fsp3) is 0.462. The van der Waals surface area contributed by atoms with E-state index in [9.17, 15) is 9.90 Å². The van der Waals surface area contributed by atoms with Gasteiger partial charge in [-0.15, -0.1) is 0 Å². The summed E-state index contributed by atoms with van der Waals surface area (Å²) in [5, 5.41) is 9.82. The highest BCUT2D eigenvalue weighted by atomic mass is 16.3. The van der Waals surface area contributed by atoms with Crippen molar-refractivity contribution in [1.29, 1.82) is 0 Å². The first-order chi connectivity index (χ1) is 7.27. The van der Waals surface area contributed by atoms with Crippen LogP contribution in [0.4, 0.5) is 0 Å². The fourth-order valence-corrected chi connectivity index (χ4v) is 1.73. The van der Waals surface area contributed by atoms with Gasteiger partial charge in [-0.25, -0.2) is 0 Å². The molecule has 1 atom stereocenters. The molecule has 1 unspecified atom stereocenters. The Bertz CT molecular complexity index is 328. The second-order valence-corrected chi connectivity index (χ2v) is 4.21. The molecule has 15 heavy (non-hydrogen) atoms. The van der Waals surface area contributed by atoms with Crippen molar-refractivity contribution in [2.24, 2.45) is 5.92 Å². The van der Waals surface area contributed by atoms with Gasteiger partial charge in [-0.05, 0) is 24.8 Å². The fourth-order valence-electron chi connectivity index (χ4n) is 1.73. The Kier molecular flexibility index (Phi) is 3.17. The molecule has 2 nitrogen and oxygen atoms in total. The standard InChI is InChI=1S/C13H16O2/c14-12(10-4-2-1-3-5-10)8-9-13(15)11-6-7-11/h1-5,11-12,14H,6-9H2. The Morgan fingerprint density at radius 3 is 2.60 bits per heavy atom. The maximum absolute atomic E-state index is 11.4. The molecule has 1 aromatic carbocycles. The Morgan fingerprint density at radius 1 is 1.33 bits per heavy atom. The summed E-state index contributed by atoms with van der Waals surface area (Å²) in [5.41, 5.74) is 0.904. The molecule has 1 fully saturated rings. The highest BCUT2D eigenvalue weighted by Gasteiger charge is 2.29. The molecule has 0 aromatic heterocycles. The molecule has 80 valence electrons. The summed E-state index contributed by atoms with van der Waals surface area (Å²) in [5.74, 6) is 0.637. The Morgan fingerprint density at radius 2 is 2.00 bits per heavy atom. The number of Topliss-reactive ketones (excluding diaryl/α,β-unsaturated/α-hetero) is 1. The molecule has 2 rings (SSSR count). The number of ketones is 1. The predicted molar refractivity (Wildman–Crippen MR) is 58.4 cm³/mol. The number of hydrogen-bond acceptors (Lipinski definition) is 2. The van der Waals surface area contributed by atoms with E-state index in [-0.39, 0.29) is 0 Å². The molecule has 1 aliphatic carbocycles. The minimum absolute atomic E-state index is 0.313. The molecule has 0 radical (unpaired) electrons. The highest BCUT2D eigenvalue weighted by molar-refractivity contribution is 5.83. The van der Waals surface area contributed by atoms with Gasteiger partial charge in [0.25, 0.3) is 0 Å². The lowest BCUT2D eigenvalue weighted by Gasteiger charge is -2.09. The normalized spacial score (nSPS) is 17.4. The van der Waals surface area contributed by atoms with Crippen LogP contribution in [0.3, 0.4) is 0 Å². The second-order valence-electron chi connectivity index (χ2n) is 4.21. The first-order valence-electron chi connectivity index (χ1n) is 5.53. The smallest absolute Gasteiger partial charge is 0.136 e. The maximum atomic E-state index is 11.4. The van der Waals surface area contributed by atoms with E-state index in [1.54, 1.807) is 0 Å². The van der Waals surface area contributed by atoms with Crippen molar-refractivity contribution < 1.29 is 9.90 Å². The molecule has 0 amide bonds. The van der Waals surface area contributed by atoms with E-state index in [1.807, 2.05) is 30.3 Å². The van der Waals surface area contributed by atoms with Crippen molar-refractivity contribution in [3.63, 3.8) is 0 Å². The Labute approximate surface area is 89.9 Å². The van der Waals surface area contributed by atoms with Crippen molar-refractivity contribution >= 4 is 5.78 Å². The molecule has 0 heterocycles. The molecule has 0 aliphatic heterocycles. The highest BCUT2D eigenvalue weighted by Crippen LogP contribution is 2.32. The van der Waals surface area contributed by atoms with Gasteiger partial charge in [0.1, 0.15) is 5.78 Å². The van der Waals surface area contributed by atoms with Crippen molar-refractivity contribution in [2.45, 2.75) is 31.8 Å². The summed E-state index contributed by atoms with van der Waals surface area (Å²) in [6, 6.07) is 9.52. The van der Waals surface area contributed by atoms with Crippen LogP contribution in [-0.4, -0.2) is 10.9 Å². The van der Waals surface area contributed by atoms with Crippen molar-refractivity contribution in [1.82, 2.24) is 0 Å². The third kappa shape index (κ3) is 2.90. The average Bonchev–Trinajstić information content (AvgIpc) is 3.10. The molecular weight excluding hydrogens is 188 g/mol. The summed E-state index contributed by atoms with van der Waals surface area (Å²) < 4.78 is 0. The Balaban J connectivity index is 1.81. The van der Waals surface area contributed by atoms with E-state index in [2.05, 4.69) is 0 Å². The molecule has 1 aromatic rings. The first-order valence-corrected chi connectivity index (χ1v) is 5.53. The lowest BCUT2D eigenvalue weighted by atomic mass is 10.0. The molecule has 1 N–H and O–H groups in total. The summed E-state index contributed by atoms with van der Waals surface area (Å²) in [6.07, 6.45) is 2.69. The van der Waals surface area contributed by atoms with Crippen LogP contribution in [0.5, 0.6) is 0 Å². The molecule has 2 heteroatoms. The topological polar surface area (TPSA) is 37.3 Å². The number of hydrogen-bond donors (Lipinski definition) is 1. The number of carbonyl (C=O) groups is 1.